The van der Waals surface area contributed by atoms with E-state index in [0.29, 0.717) is 22.4 Å². The zero-order valence-electron chi connectivity index (χ0n) is 41.5. The number of aromatic nitrogens is 4. The van der Waals surface area contributed by atoms with Crippen molar-refractivity contribution in [3.05, 3.63) is 174 Å². The van der Waals surface area contributed by atoms with Gasteiger partial charge in [0.15, 0.2) is 5.96 Å². The first-order chi connectivity index (χ1) is 36.8. The minimum atomic E-state index is -1.39. The number of nitrogens with two attached hydrogens (primary N) is 2. The van der Waals surface area contributed by atoms with Gasteiger partial charge in [0.2, 0.25) is 29.5 Å². The van der Waals surface area contributed by atoms with E-state index >= 15 is 0 Å². The Morgan fingerprint density at radius 1 is 0.553 bits per heavy atom. The van der Waals surface area contributed by atoms with Crippen LogP contribution >= 0.6 is 0 Å². The van der Waals surface area contributed by atoms with Crippen LogP contribution in [0.1, 0.15) is 40.8 Å². The fourth-order valence-corrected chi connectivity index (χ4v) is 9.21. The summed E-state index contributed by atoms with van der Waals surface area (Å²) in [4.78, 5) is 98.5. The Morgan fingerprint density at radius 2 is 1.08 bits per heavy atom. The predicted octanol–water partition coefficient (Wildman–Crippen LogP) is 3.14. The number of hydrogen-bond donors (Lipinski definition) is 13. The Balaban J connectivity index is 1.04. The summed E-state index contributed by atoms with van der Waals surface area (Å²) in [6.07, 6.45) is 6.59. The van der Waals surface area contributed by atoms with Crippen LogP contribution in [0, 0.1) is 5.41 Å². The molecule has 0 aliphatic carbocycles. The van der Waals surface area contributed by atoms with Crippen molar-refractivity contribution in [3.63, 3.8) is 0 Å². The maximum Gasteiger partial charge on any atom is 0.326 e. The molecule has 3 heterocycles. The first kappa shape index (κ1) is 53.0. The number of nitrogens with one attached hydrogen (secondary N) is 10. The van der Waals surface area contributed by atoms with Gasteiger partial charge >= 0.3 is 5.97 Å². The second-order valence-corrected chi connectivity index (χ2v) is 18.7. The third-order valence-electron chi connectivity index (χ3n) is 13.2. The lowest BCUT2D eigenvalue weighted by atomic mass is 9.99. The Hall–Kier alpha value is -9.30. The maximum atomic E-state index is 14.7. The summed E-state index contributed by atoms with van der Waals surface area (Å²) in [7, 11) is 0. The van der Waals surface area contributed by atoms with E-state index in [4.69, 9.17) is 16.9 Å². The second-order valence-electron chi connectivity index (χ2n) is 18.7. The van der Waals surface area contributed by atoms with Crippen LogP contribution in [-0.4, -0.2) is 109 Å². The maximum absolute atomic E-state index is 14.7. The molecule has 0 spiro atoms. The smallest absolute Gasteiger partial charge is 0.326 e. The summed E-state index contributed by atoms with van der Waals surface area (Å²) in [5.41, 5.74) is 17.0. The first-order valence-electron chi connectivity index (χ1n) is 24.9. The number of fused-ring (bicyclic) bond motifs is 3. The van der Waals surface area contributed by atoms with Crippen molar-refractivity contribution in [3.8, 4) is 0 Å². The number of carbonyl (C=O) groups is 6. The molecule has 20 nitrogen and oxygen atoms in total. The summed E-state index contributed by atoms with van der Waals surface area (Å²) >= 11 is 0. The van der Waals surface area contributed by atoms with E-state index < -0.39 is 71.8 Å². The van der Waals surface area contributed by atoms with Crippen LogP contribution in [0.5, 0.6) is 0 Å². The molecule has 0 saturated carbocycles. The lowest BCUT2D eigenvalue weighted by Gasteiger charge is -2.27. The molecule has 0 fully saturated rings. The average Bonchev–Trinajstić information content (AvgIpc) is 4.20. The van der Waals surface area contributed by atoms with Gasteiger partial charge in [0.05, 0.1) is 18.1 Å². The normalized spacial score (nSPS) is 13.6. The van der Waals surface area contributed by atoms with Gasteiger partial charge in [-0.2, -0.15) is 0 Å². The molecule has 392 valence electrons. The van der Waals surface area contributed by atoms with E-state index in [1.807, 2.05) is 91.0 Å². The van der Waals surface area contributed by atoms with Gasteiger partial charge in [-0.25, -0.2) is 9.78 Å². The number of aliphatic carboxylic acids is 1. The van der Waals surface area contributed by atoms with E-state index in [0.717, 1.165) is 38.1 Å². The zero-order chi connectivity index (χ0) is 53.6. The minimum absolute atomic E-state index is 0.0291. The quantitative estimate of drug-likeness (QED) is 0.0224. The van der Waals surface area contributed by atoms with E-state index in [1.54, 1.807) is 48.9 Å². The van der Waals surface area contributed by atoms with Crippen molar-refractivity contribution < 1.29 is 33.9 Å². The molecular weight excluding hydrogens is 967 g/mol. The van der Waals surface area contributed by atoms with Gasteiger partial charge in [0, 0.05) is 72.6 Å². The van der Waals surface area contributed by atoms with Crippen molar-refractivity contribution in [1.82, 2.24) is 51.8 Å². The highest BCUT2D eigenvalue weighted by Gasteiger charge is 2.34. The highest BCUT2D eigenvalue weighted by molar-refractivity contribution is 5.97. The predicted molar refractivity (Wildman–Crippen MR) is 289 cm³/mol. The Morgan fingerprint density at radius 3 is 1.70 bits per heavy atom. The van der Waals surface area contributed by atoms with Gasteiger partial charge < -0.3 is 63.4 Å². The number of carboxylic acids is 1. The highest BCUT2D eigenvalue weighted by Crippen LogP contribution is 2.22. The van der Waals surface area contributed by atoms with Gasteiger partial charge in [0.1, 0.15) is 30.2 Å². The summed E-state index contributed by atoms with van der Waals surface area (Å²) in [6, 6.07) is 29.4. The molecule has 0 saturated heterocycles. The third kappa shape index (κ3) is 14.0. The number of carboxylic acid groups (broad SMARTS) is 1. The van der Waals surface area contributed by atoms with Gasteiger partial charge in [-0.1, -0.05) is 109 Å². The monoisotopic (exact) mass is 1030 g/mol. The van der Waals surface area contributed by atoms with Crippen molar-refractivity contribution in [2.45, 2.75) is 81.2 Å². The van der Waals surface area contributed by atoms with Crippen molar-refractivity contribution in [1.29, 1.82) is 5.41 Å². The van der Waals surface area contributed by atoms with E-state index in [9.17, 15) is 33.9 Å². The fourth-order valence-electron chi connectivity index (χ4n) is 9.21. The number of amides is 5. The molecule has 5 amide bonds. The van der Waals surface area contributed by atoms with Crippen LogP contribution in [-0.2, 0) is 60.9 Å². The number of hydrogen-bond acceptors (Lipinski definition) is 9. The van der Waals surface area contributed by atoms with Crippen LogP contribution in [0.2, 0.25) is 0 Å². The molecule has 0 aliphatic rings. The number of guanidine groups is 1. The second kappa shape index (κ2) is 25.1. The molecule has 20 heteroatoms. The average molecular weight is 1030 g/mol. The number of rotatable bonds is 25. The summed E-state index contributed by atoms with van der Waals surface area (Å²) in [6.45, 7) is 0.144. The minimum Gasteiger partial charge on any atom is -0.480 e. The molecule has 0 aliphatic heterocycles. The van der Waals surface area contributed by atoms with Crippen molar-refractivity contribution >= 4 is 74.0 Å². The zero-order valence-corrected chi connectivity index (χ0v) is 41.5. The molecule has 76 heavy (non-hydrogen) atoms. The number of aromatic amines is 3. The molecule has 0 bridgehead atoms. The number of imidazole rings is 1. The molecule has 5 aromatic carbocycles. The summed E-state index contributed by atoms with van der Waals surface area (Å²) in [5, 5.41) is 38.2. The van der Waals surface area contributed by atoms with Gasteiger partial charge in [-0.15, -0.1) is 0 Å². The Labute approximate surface area is 437 Å². The molecule has 8 rings (SSSR count). The first-order valence-corrected chi connectivity index (χ1v) is 24.9. The topological polar surface area (TPSA) is 331 Å². The molecule has 3 aromatic heterocycles. The van der Waals surface area contributed by atoms with E-state index in [2.05, 4.69) is 51.8 Å². The number of benzene rings is 5. The van der Waals surface area contributed by atoms with Crippen LogP contribution in [0.15, 0.2) is 146 Å². The molecule has 0 unspecified atom stereocenters. The summed E-state index contributed by atoms with van der Waals surface area (Å²) < 4.78 is 0. The molecule has 6 atom stereocenters. The number of para-hydroxylation sites is 2. The van der Waals surface area contributed by atoms with Crippen LogP contribution in [0.3, 0.4) is 0 Å². The Kier molecular flexibility index (Phi) is 17.5. The molecule has 15 N–H and O–H groups in total. The fraction of sp³-hybridized carbons (Fsp3) is 0.250. The van der Waals surface area contributed by atoms with Crippen molar-refractivity contribution in [2.24, 2.45) is 11.5 Å². The highest BCUT2D eigenvalue weighted by atomic mass is 16.4. The number of H-pyrrole nitrogens is 3. The third-order valence-corrected chi connectivity index (χ3v) is 13.2. The van der Waals surface area contributed by atoms with Crippen LogP contribution in [0.25, 0.3) is 32.6 Å². The van der Waals surface area contributed by atoms with Crippen molar-refractivity contribution in [2.75, 3.05) is 6.54 Å². The van der Waals surface area contributed by atoms with Gasteiger partial charge in [0.25, 0.3) is 0 Å². The van der Waals surface area contributed by atoms with Crippen LogP contribution in [0.4, 0.5) is 0 Å². The van der Waals surface area contributed by atoms with E-state index in [1.165, 1.54) is 6.33 Å². The number of carbonyl (C=O) groups excluding carboxylic acids is 5. The standard InChI is InChI=1S/C56H61N13O7/c57-42(26-37-29-62-43-17-8-6-15-40(37)43)50(70)66-48(28-39-31-60-32-64-39)54(74)68-46(24-33-11-2-1-3-12-33)52(72)65-45(19-10-22-61-56(58)59)51(71)67-47(25-34-20-21-35-13-4-5-14-36(35)23-34)53(73)69-49(55(75)76)27-38-30-63-44-18-9-7-16-41(38)44/h1-9,11-18,20-21,23,29-32,42,45-49,62-63H,10,19,22,24-28,57H2,(H,60,64)(H,65,72)(H,66,70)(H,67,71)(H,68,74)(H,69,73)(H,75,76)(H4,58,59,61)/t42-,45+,46-,47+,48+,49+/m1/s1. The van der Waals surface area contributed by atoms with Gasteiger partial charge in [-0.3, -0.25) is 29.4 Å². The summed E-state index contributed by atoms with van der Waals surface area (Å²) in [5.74, 6) is -5.27. The molecular formula is C56H61N13O7. The largest absolute Gasteiger partial charge is 0.480 e. The lowest BCUT2D eigenvalue weighted by Crippen LogP contribution is -2.60. The number of nitrogens with zero attached hydrogens (tertiary/aromatic N) is 1. The van der Waals surface area contributed by atoms with E-state index in [-0.39, 0.29) is 57.5 Å². The van der Waals surface area contributed by atoms with Gasteiger partial charge in [-0.05, 0) is 64.4 Å². The SMILES string of the molecule is N=C(N)NCCC[C@H](NC(=O)[C@@H](Cc1ccccc1)NC(=O)[C@H](Cc1c[nH]cn1)NC(=O)[C@H](N)Cc1c[nH]c2ccccc12)C(=O)N[C@@H](Cc1ccc2ccccc2c1)C(=O)N[C@@H](Cc1c[nH]c2ccccc12)C(=O)O. The van der Waals surface area contributed by atoms with Crippen LogP contribution < -0.4 is 43.4 Å². The molecule has 8 aromatic rings. The molecule has 0 radical (unpaired) electrons. The lowest BCUT2D eigenvalue weighted by molar-refractivity contribution is -0.142. The Bertz CT molecular complexity index is 3320.